The van der Waals surface area contributed by atoms with Gasteiger partial charge in [-0.05, 0) is 72.5 Å². The molecule has 190 valence electrons. The number of thiazole rings is 1. The molecule has 38 heavy (non-hydrogen) atoms. The van der Waals surface area contributed by atoms with Crippen molar-refractivity contribution in [3.63, 3.8) is 0 Å². The number of carbonyl (C=O) groups is 1. The standard InChI is InChI=1S/C29H26N6OS2/c1-31-27(30)20-8-4-7-19(15-20)16-25(29-34-24-12-2-3-13-26(24)37-29)35-38-23-11-5-10-22(17-23)33-28(36)21-9-6-14-32-18-21/h2-15,17-18,25,35H,16H2,1H3,(H2,30,31)(H,33,36). The van der Waals surface area contributed by atoms with Gasteiger partial charge in [0.15, 0.2) is 0 Å². The van der Waals surface area contributed by atoms with E-state index >= 15 is 0 Å². The summed E-state index contributed by atoms with van der Waals surface area (Å²) >= 11 is 3.19. The lowest BCUT2D eigenvalue weighted by atomic mass is 10.0. The molecule has 0 aliphatic carbocycles. The van der Waals surface area contributed by atoms with E-state index in [1.165, 1.54) is 11.9 Å². The molecule has 0 aliphatic heterocycles. The second kappa shape index (κ2) is 12.0. The lowest BCUT2D eigenvalue weighted by Crippen LogP contribution is -2.18. The van der Waals surface area contributed by atoms with Crippen molar-refractivity contribution in [1.82, 2.24) is 14.7 Å². The molecule has 0 saturated heterocycles. The van der Waals surface area contributed by atoms with E-state index in [-0.39, 0.29) is 11.9 Å². The summed E-state index contributed by atoms with van der Waals surface area (Å²) in [5, 5.41) is 3.95. The van der Waals surface area contributed by atoms with Gasteiger partial charge in [0, 0.05) is 35.6 Å². The number of amidine groups is 1. The molecular weight excluding hydrogens is 512 g/mol. The van der Waals surface area contributed by atoms with Crippen LogP contribution in [0.25, 0.3) is 10.2 Å². The SMILES string of the molecule is CN=C(N)c1cccc(CC(NSc2cccc(NC(=O)c3cccnc3)c2)c2nc3ccccc3s2)c1. The monoisotopic (exact) mass is 538 g/mol. The molecule has 0 spiro atoms. The summed E-state index contributed by atoms with van der Waals surface area (Å²) in [5.74, 6) is 0.311. The number of nitrogens with two attached hydrogens (primary N) is 1. The molecule has 1 unspecified atom stereocenters. The van der Waals surface area contributed by atoms with Gasteiger partial charge in [-0.25, -0.2) is 9.71 Å². The van der Waals surface area contributed by atoms with Crippen LogP contribution in [0, 0.1) is 0 Å². The van der Waals surface area contributed by atoms with E-state index in [0.29, 0.717) is 17.1 Å². The van der Waals surface area contributed by atoms with E-state index in [4.69, 9.17) is 10.7 Å². The summed E-state index contributed by atoms with van der Waals surface area (Å²) in [6.45, 7) is 0. The lowest BCUT2D eigenvalue weighted by molar-refractivity contribution is 0.102. The van der Waals surface area contributed by atoms with Crippen LogP contribution in [0.4, 0.5) is 5.69 Å². The van der Waals surface area contributed by atoms with Gasteiger partial charge in [0.1, 0.15) is 10.8 Å². The van der Waals surface area contributed by atoms with Crippen LogP contribution in [0.3, 0.4) is 0 Å². The fourth-order valence-electron chi connectivity index (χ4n) is 3.92. The fraction of sp³-hybridized carbons (Fsp3) is 0.103. The van der Waals surface area contributed by atoms with Gasteiger partial charge in [0.25, 0.3) is 5.91 Å². The number of para-hydroxylation sites is 1. The quantitative estimate of drug-likeness (QED) is 0.123. The van der Waals surface area contributed by atoms with E-state index in [2.05, 4.69) is 38.2 Å². The Balaban J connectivity index is 1.36. The van der Waals surface area contributed by atoms with Crippen molar-refractivity contribution in [3.8, 4) is 0 Å². The minimum Gasteiger partial charge on any atom is -0.384 e. The zero-order valence-corrected chi connectivity index (χ0v) is 22.3. The molecule has 0 aliphatic rings. The first-order valence-corrected chi connectivity index (χ1v) is 13.6. The third kappa shape index (κ3) is 6.25. The third-order valence-corrected chi connectivity index (χ3v) is 7.89. The van der Waals surface area contributed by atoms with E-state index < -0.39 is 0 Å². The van der Waals surface area contributed by atoms with Crippen LogP contribution in [-0.4, -0.2) is 28.8 Å². The Morgan fingerprint density at radius 2 is 1.87 bits per heavy atom. The lowest BCUT2D eigenvalue weighted by Gasteiger charge is -2.17. The molecule has 2 aromatic heterocycles. The molecule has 0 fully saturated rings. The summed E-state index contributed by atoms with van der Waals surface area (Å²) < 4.78 is 4.77. The van der Waals surface area contributed by atoms with Crippen molar-refractivity contribution in [2.75, 3.05) is 12.4 Å². The van der Waals surface area contributed by atoms with E-state index in [9.17, 15) is 4.79 Å². The predicted molar refractivity (Wildman–Crippen MR) is 157 cm³/mol. The molecule has 1 atom stereocenters. The molecule has 0 radical (unpaired) electrons. The Hall–Kier alpha value is -4.05. The number of amides is 1. The van der Waals surface area contributed by atoms with Gasteiger partial charge in [-0.15, -0.1) is 11.3 Å². The van der Waals surface area contributed by atoms with Crippen LogP contribution in [0.15, 0.2) is 107 Å². The number of rotatable bonds is 9. The zero-order valence-electron chi connectivity index (χ0n) is 20.7. The molecule has 5 rings (SSSR count). The van der Waals surface area contributed by atoms with Crippen LogP contribution in [-0.2, 0) is 6.42 Å². The van der Waals surface area contributed by atoms with Crippen molar-refractivity contribution in [2.24, 2.45) is 10.7 Å². The maximum atomic E-state index is 12.6. The highest BCUT2D eigenvalue weighted by molar-refractivity contribution is 7.97. The number of aliphatic imine (C=N–C) groups is 1. The van der Waals surface area contributed by atoms with Crippen LogP contribution in [0.2, 0.25) is 0 Å². The summed E-state index contributed by atoms with van der Waals surface area (Å²) in [5.41, 5.74) is 10.3. The number of hydrogen-bond donors (Lipinski definition) is 3. The molecule has 0 bridgehead atoms. The number of anilines is 1. The van der Waals surface area contributed by atoms with Gasteiger partial charge in [-0.1, -0.05) is 36.4 Å². The Bertz CT molecular complexity index is 1550. The normalized spacial score (nSPS) is 12.4. The molecule has 7 nitrogen and oxygen atoms in total. The number of nitrogens with one attached hydrogen (secondary N) is 2. The minimum atomic E-state index is -0.199. The molecule has 3 aromatic carbocycles. The van der Waals surface area contributed by atoms with Gasteiger partial charge >= 0.3 is 0 Å². The number of hydrogen-bond acceptors (Lipinski definition) is 7. The maximum Gasteiger partial charge on any atom is 0.257 e. The largest absolute Gasteiger partial charge is 0.384 e. The van der Waals surface area contributed by atoms with Gasteiger partial charge in [-0.2, -0.15) is 0 Å². The van der Waals surface area contributed by atoms with Crippen molar-refractivity contribution in [2.45, 2.75) is 17.4 Å². The Labute approximate surface area is 229 Å². The second-order valence-corrected chi connectivity index (χ2v) is 10.5. The van der Waals surface area contributed by atoms with E-state index in [0.717, 1.165) is 37.7 Å². The van der Waals surface area contributed by atoms with Crippen LogP contribution in [0.1, 0.15) is 32.5 Å². The molecule has 1 amide bonds. The number of benzene rings is 3. The smallest absolute Gasteiger partial charge is 0.257 e. The van der Waals surface area contributed by atoms with Crippen LogP contribution in [0.5, 0.6) is 0 Å². The van der Waals surface area contributed by atoms with Crippen molar-refractivity contribution in [1.29, 1.82) is 0 Å². The highest BCUT2D eigenvalue weighted by Gasteiger charge is 2.18. The third-order valence-electron chi connectivity index (χ3n) is 5.85. The first-order valence-electron chi connectivity index (χ1n) is 12.0. The first kappa shape index (κ1) is 25.6. The molecule has 4 N–H and O–H groups in total. The summed E-state index contributed by atoms with van der Waals surface area (Å²) in [6, 6.07) is 27.5. The van der Waals surface area contributed by atoms with Crippen molar-refractivity contribution >= 4 is 50.9 Å². The average molecular weight is 539 g/mol. The van der Waals surface area contributed by atoms with Crippen molar-refractivity contribution < 1.29 is 4.79 Å². The molecule has 2 heterocycles. The molecule has 0 saturated carbocycles. The summed E-state index contributed by atoms with van der Waals surface area (Å²) in [6.07, 6.45) is 3.91. The average Bonchev–Trinajstić information content (AvgIpc) is 3.40. The second-order valence-electron chi connectivity index (χ2n) is 8.53. The molecular formula is C29H26N6OS2. The van der Waals surface area contributed by atoms with Gasteiger partial charge < -0.3 is 11.1 Å². The predicted octanol–water partition coefficient (Wildman–Crippen LogP) is 5.86. The van der Waals surface area contributed by atoms with Gasteiger partial charge in [0.05, 0.1) is 21.8 Å². The van der Waals surface area contributed by atoms with Crippen LogP contribution < -0.4 is 15.8 Å². The fourth-order valence-corrected chi connectivity index (χ4v) is 5.82. The summed E-state index contributed by atoms with van der Waals surface area (Å²) in [7, 11) is 1.69. The summed E-state index contributed by atoms with van der Waals surface area (Å²) in [4.78, 5) is 26.6. The maximum absolute atomic E-state index is 12.6. The van der Waals surface area contributed by atoms with E-state index in [1.54, 1.807) is 42.9 Å². The highest BCUT2D eigenvalue weighted by atomic mass is 32.2. The number of pyridine rings is 1. The minimum absolute atomic E-state index is 0.0546. The Morgan fingerprint density at radius 3 is 2.68 bits per heavy atom. The molecule has 9 heteroatoms. The zero-order chi connectivity index (χ0) is 26.3. The van der Waals surface area contributed by atoms with Crippen molar-refractivity contribution in [3.05, 3.63) is 119 Å². The first-order chi connectivity index (χ1) is 18.6. The van der Waals surface area contributed by atoms with E-state index in [1.807, 2.05) is 54.6 Å². The number of carbonyl (C=O) groups excluding carboxylic acids is 1. The number of nitrogens with zero attached hydrogens (tertiary/aromatic N) is 3. The van der Waals surface area contributed by atoms with Gasteiger partial charge in [-0.3, -0.25) is 14.8 Å². The molecule has 5 aromatic rings. The Morgan fingerprint density at radius 1 is 1.03 bits per heavy atom. The number of fused-ring (bicyclic) bond motifs is 1. The topological polar surface area (TPSA) is 105 Å². The van der Waals surface area contributed by atoms with Crippen LogP contribution >= 0.6 is 23.3 Å². The highest BCUT2D eigenvalue weighted by Crippen LogP contribution is 2.31. The number of aromatic nitrogens is 2. The Kier molecular flexibility index (Phi) is 8.08. The van der Waals surface area contributed by atoms with Gasteiger partial charge in [0.2, 0.25) is 0 Å².